The van der Waals surface area contributed by atoms with Crippen molar-refractivity contribution in [3.05, 3.63) is 11.8 Å². The number of hydrogen-bond donors (Lipinski definition) is 0. The van der Waals surface area contributed by atoms with Crippen molar-refractivity contribution in [1.29, 1.82) is 0 Å². The van der Waals surface area contributed by atoms with Gasteiger partial charge in [0.2, 0.25) is 0 Å². The van der Waals surface area contributed by atoms with Crippen LogP contribution in [-0.2, 0) is 14.3 Å². The Morgan fingerprint density at radius 2 is 1.85 bits per heavy atom. The lowest BCUT2D eigenvalue weighted by atomic mass is 9.56. The fraction of sp³-hybridized carbons (Fsp3) is 0.893. The molecule has 0 saturated heterocycles. The van der Waals surface area contributed by atoms with E-state index in [0.29, 0.717) is 23.7 Å². The number of alkyl halides is 3. The standard InChI is InChI=1S/C28H43F3O3/c1-16-9-12-23(33-18(3)32)26(4,5)20(16)11-10-19-8-7-13-27(6)21(19)15-22-25(27)17(2)14-24(34-22)28(29,30)31/h14,16-17,19-23,25H,7-13,15H2,1-6H3/t16?,17-,19?,20?,21?,22?,23+,25?,27+/m1/s1. The van der Waals surface area contributed by atoms with Gasteiger partial charge < -0.3 is 9.47 Å². The van der Waals surface area contributed by atoms with Crippen molar-refractivity contribution < 1.29 is 27.4 Å². The third kappa shape index (κ3) is 4.52. The molecule has 3 saturated carbocycles. The summed E-state index contributed by atoms with van der Waals surface area (Å²) in [4.78, 5) is 11.7. The smallest absolute Gasteiger partial charge is 0.448 e. The van der Waals surface area contributed by atoms with Crippen LogP contribution in [0.1, 0.15) is 92.9 Å². The van der Waals surface area contributed by atoms with Crippen LogP contribution in [0.3, 0.4) is 0 Å². The third-order valence-corrected chi connectivity index (χ3v) is 10.4. The van der Waals surface area contributed by atoms with Crippen molar-refractivity contribution in [2.24, 2.45) is 46.3 Å². The predicted octanol–water partition coefficient (Wildman–Crippen LogP) is 7.69. The van der Waals surface area contributed by atoms with Crippen LogP contribution in [0.25, 0.3) is 0 Å². The second-order valence-corrected chi connectivity index (χ2v) is 12.7. The second kappa shape index (κ2) is 9.03. The summed E-state index contributed by atoms with van der Waals surface area (Å²) in [5, 5.41) is 0. The van der Waals surface area contributed by atoms with Crippen molar-refractivity contribution in [3.8, 4) is 0 Å². The molecule has 3 aliphatic carbocycles. The molecule has 194 valence electrons. The number of esters is 1. The average molecular weight is 485 g/mol. The number of carbonyl (C=O) groups excluding carboxylic acids is 1. The zero-order chi connectivity index (χ0) is 25.1. The molecule has 0 amide bonds. The van der Waals surface area contributed by atoms with E-state index < -0.39 is 11.9 Å². The van der Waals surface area contributed by atoms with Crippen LogP contribution in [0.15, 0.2) is 11.8 Å². The first-order chi connectivity index (χ1) is 15.7. The summed E-state index contributed by atoms with van der Waals surface area (Å²) in [5.41, 5.74) is -0.0390. The molecule has 0 aromatic heterocycles. The minimum Gasteiger partial charge on any atom is -0.486 e. The molecule has 0 bridgehead atoms. The Labute approximate surface area is 203 Å². The van der Waals surface area contributed by atoms with Gasteiger partial charge in [-0.25, -0.2) is 0 Å². The molecular formula is C28H43F3O3. The average Bonchev–Trinajstić information content (AvgIpc) is 3.02. The van der Waals surface area contributed by atoms with Gasteiger partial charge in [0.1, 0.15) is 12.2 Å². The second-order valence-electron chi connectivity index (χ2n) is 12.7. The van der Waals surface area contributed by atoms with Gasteiger partial charge in [0.25, 0.3) is 0 Å². The molecule has 6 unspecified atom stereocenters. The molecule has 1 aliphatic heterocycles. The van der Waals surface area contributed by atoms with Crippen LogP contribution in [0, 0.1) is 46.3 Å². The molecule has 4 rings (SSSR count). The van der Waals surface area contributed by atoms with Crippen LogP contribution < -0.4 is 0 Å². The van der Waals surface area contributed by atoms with Crippen molar-refractivity contribution >= 4 is 5.97 Å². The first-order valence-electron chi connectivity index (χ1n) is 13.4. The zero-order valence-corrected chi connectivity index (χ0v) is 21.7. The minimum atomic E-state index is -4.41. The number of fused-ring (bicyclic) bond motifs is 3. The summed E-state index contributed by atoms with van der Waals surface area (Å²) >= 11 is 0. The molecule has 3 fully saturated rings. The van der Waals surface area contributed by atoms with Gasteiger partial charge in [-0.05, 0) is 79.6 Å². The van der Waals surface area contributed by atoms with E-state index in [0.717, 1.165) is 51.4 Å². The van der Waals surface area contributed by atoms with Crippen molar-refractivity contribution in [3.63, 3.8) is 0 Å². The van der Waals surface area contributed by atoms with Gasteiger partial charge in [-0.2, -0.15) is 13.2 Å². The number of rotatable bonds is 4. The predicted molar refractivity (Wildman–Crippen MR) is 126 cm³/mol. The van der Waals surface area contributed by atoms with Gasteiger partial charge in [-0.15, -0.1) is 0 Å². The lowest BCUT2D eigenvalue weighted by molar-refractivity contribution is -0.162. The maximum Gasteiger partial charge on any atom is 0.448 e. The Kier molecular flexibility index (Phi) is 6.87. The van der Waals surface area contributed by atoms with Gasteiger partial charge in [-0.1, -0.05) is 47.5 Å². The van der Waals surface area contributed by atoms with Gasteiger partial charge in [0, 0.05) is 18.3 Å². The summed E-state index contributed by atoms with van der Waals surface area (Å²) < 4.78 is 51.7. The normalized spacial score (nSPS) is 43.9. The van der Waals surface area contributed by atoms with Gasteiger partial charge in [-0.3, -0.25) is 4.79 Å². The minimum absolute atomic E-state index is 0.0363. The summed E-state index contributed by atoms with van der Waals surface area (Å²) in [7, 11) is 0. The molecule has 0 N–H and O–H groups in total. The fourth-order valence-corrected chi connectivity index (χ4v) is 8.90. The van der Waals surface area contributed by atoms with Crippen LogP contribution in [-0.4, -0.2) is 24.4 Å². The van der Waals surface area contributed by atoms with E-state index in [1.165, 1.54) is 13.0 Å². The molecule has 0 spiro atoms. The van der Waals surface area contributed by atoms with E-state index in [1.54, 1.807) is 0 Å². The molecule has 3 nitrogen and oxygen atoms in total. The summed E-state index contributed by atoms with van der Waals surface area (Å²) in [6.07, 6.45) is 4.84. The number of hydrogen-bond acceptors (Lipinski definition) is 3. The van der Waals surface area contributed by atoms with E-state index in [-0.39, 0.29) is 40.8 Å². The van der Waals surface area contributed by atoms with Crippen molar-refractivity contribution in [1.82, 2.24) is 0 Å². The highest BCUT2D eigenvalue weighted by Gasteiger charge is 2.60. The SMILES string of the molecule is CC(=O)O[C@H]1CCC(C)C(CCC2CCC[C@@]3(C)C2CC2OC(C(F)(F)F)=C[C@@H](C)C23)C1(C)C. The maximum absolute atomic E-state index is 13.4. The maximum atomic E-state index is 13.4. The Morgan fingerprint density at radius 1 is 1.15 bits per heavy atom. The Balaban J connectivity index is 1.48. The monoisotopic (exact) mass is 484 g/mol. The molecule has 0 radical (unpaired) electrons. The van der Waals surface area contributed by atoms with Gasteiger partial charge in [0.15, 0.2) is 5.76 Å². The van der Waals surface area contributed by atoms with E-state index in [9.17, 15) is 18.0 Å². The van der Waals surface area contributed by atoms with Gasteiger partial charge >= 0.3 is 12.1 Å². The first kappa shape index (κ1) is 25.9. The molecule has 4 aliphatic rings. The molecule has 6 heteroatoms. The van der Waals surface area contributed by atoms with Crippen LogP contribution >= 0.6 is 0 Å². The molecule has 1 heterocycles. The molecule has 34 heavy (non-hydrogen) atoms. The number of allylic oxidation sites excluding steroid dienone is 2. The summed E-state index contributed by atoms with van der Waals surface area (Å²) in [5.74, 6) is 1.02. The third-order valence-electron chi connectivity index (χ3n) is 10.4. The van der Waals surface area contributed by atoms with E-state index in [1.807, 2.05) is 6.92 Å². The van der Waals surface area contributed by atoms with Gasteiger partial charge in [0.05, 0.1) is 0 Å². The molecule has 0 aromatic rings. The van der Waals surface area contributed by atoms with E-state index in [4.69, 9.17) is 9.47 Å². The Morgan fingerprint density at radius 3 is 2.50 bits per heavy atom. The first-order valence-corrected chi connectivity index (χ1v) is 13.4. The van der Waals surface area contributed by atoms with Crippen molar-refractivity contribution in [2.45, 2.75) is 111 Å². The molecule has 9 atom stereocenters. The Hall–Kier alpha value is -1.20. The summed E-state index contributed by atoms with van der Waals surface area (Å²) in [6.45, 7) is 12.6. The lowest BCUT2D eigenvalue weighted by Crippen LogP contribution is -2.46. The number of carbonyl (C=O) groups is 1. The van der Waals surface area contributed by atoms with E-state index >= 15 is 0 Å². The fourth-order valence-electron chi connectivity index (χ4n) is 8.90. The highest BCUT2D eigenvalue weighted by molar-refractivity contribution is 5.66. The number of ether oxygens (including phenoxy) is 2. The quantitative estimate of drug-likeness (QED) is 0.384. The Bertz CT molecular complexity index is 803. The topological polar surface area (TPSA) is 35.5 Å². The molecular weight excluding hydrogens is 441 g/mol. The highest BCUT2D eigenvalue weighted by atomic mass is 19.4. The largest absolute Gasteiger partial charge is 0.486 e. The summed E-state index contributed by atoms with van der Waals surface area (Å²) in [6, 6.07) is 0. The van der Waals surface area contributed by atoms with E-state index in [2.05, 4.69) is 27.7 Å². The van der Waals surface area contributed by atoms with Crippen LogP contribution in [0.5, 0.6) is 0 Å². The molecule has 0 aromatic carbocycles. The van der Waals surface area contributed by atoms with Crippen molar-refractivity contribution in [2.75, 3.05) is 0 Å². The van der Waals surface area contributed by atoms with Crippen LogP contribution in [0.4, 0.5) is 13.2 Å². The lowest BCUT2D eigenvalue weighted by Gasteiger charge is -2.50. The highest BCUT2D eigenvalue weighted by Crippen LogP contribution is 2.63. The number of halogens is 3. The zero-order valence-electron chi connectivity index (χ0n) is 21.7. The van der Waals surface area contributed by atoms with Crippen LogP contribution in [0.2, 0.25) is 0 Å².